The van der Waals surface area contributed by atoms with E-state index in [0.29, 0.717) is 30.8 Å². The maximum Gasteiger partial charge on any atom is 0.253 e. The maximum absolute atomic E-state index is 12.4. The molecule has 0 spiro atoms. The van der Waals surface area contributed by atoms with E-state index in [1.165, 1.54) is 9.21 Å². The summed E-state index contributed by atoms with van der Waals surface area (Å²) in [4.78, 5) is 13.8. The van der Waals surface area contributed by atoms with Crippen LogP contribution in [-0.2, 0) is 14.8 Å². The van der Waals surface area contributed by atoms with E-state index in [2.05, 4.69) is 5.32 Å². The van der Waals surface area contributed by atoms with Crippen molar-refractivity contribution in [2.45, 2.75) is 12.8 Å². The summed E-state index contributed by atoms with van der Waals surface area (Å²) < 4.78 is 31.1. The summed E-state index contributed by atoms with van der Waals surface area (Å²) in [5.41, 5.74) is 0.880. The van der Waals surface area contributed by atoms with Gasteiger partial charge in [0.05, 0.1) is 48.3 Å². The van der Waals surface area contributed by atoms with Gasteiger partial charge in [-0.2, -0.15) is 0 Å². The minimum atomic E-state index is -3.29. The summed E-state index contributed by atoms with van der Waals surface area (Å²) in [6.45, 7) is 5.29. The highest BCUT2D eigenvalue weighted by Gasteiger charge is 2.26. The molecule has 0 unspecified atom stereocenters. The van der Waals surface area contributed by atoms with Crippen molar-refractivity contribution in [2.75, 3.05) is 56.0 Å². The molecule has 1 aromatic rings. The molecule has 2 heterocycles. The third-order valence-corrected chi connectivity index (χ3v) is 6.98. The Morgan fingerprint density at radius 2 is 2.04 bits per heavy atom. The van der Waals surface area contributed by atoms with E-state index in [0.717, 1.165) is 39.3 Å². The van der Waals surface area contributed by atoms with E-state index in [1.807, 2.05) is 0 Å². The SMILES string of the molecule is O=C(NCC[NH+]1CCOCC1)c1ccc(N2CCCCS2(=O)=O)cc1Cl. The number of morpholine rings is 1. The molecule has 3 rings (SSSR count). The summed E-state index contributed by atoms with van der Waals surface area (Å²) in [6, 6.07) is 4.81. The molecule has 0 aromatic heterocycles. The van der Waals surface area contributed by atoms with Crippen LogP contribution in [0.1, 0.15) is 23.2 Å². The van der Waals surface area contributed by atoms with Crippen molar-refractivity contribution in [2.24, 2.45) is 0 Å². The Kier molecular flexibility index (Phi) is 6.39. The third-order valence-electron chi connectivity index (χ3n) is 4.80. The van der Waals surface area contributed by atoms with Crippen molar-refractivity contribution in [3.8, 4) is 0 Å². The van der Waals surface area contributed by atoms with Crippen molar-refractivity contribution in [3.05, 3.63) is 28.8 Å². The van der Waals surface area contributed by atoms with E-state index in [1.54, 1.807) is 18.2 Å². The summed E-state index contributed by atoms with van der Waals surface area (Å²) in [7, 11) is -3.29. The quantitative estimate of drug-likeness (QED) is 0.721. The minimum Gasteiger partial charge on any atom is -0.370 e. The number of halogens is 1. The Labute approximate surface area is 159 Å². The molecule has 0 radical (unpaired) electrons. The number of anilines is 1. The van der Waals surface area contributed by atoms with Crippen LogP contribution in [0.15, 0.2) is 18.2 Å². The van der Waals surface area contributed by atoms with Crippen LogP contribution >= 0.6 is 11.6 Å². The van der Waals surface area contributed by atoms with Gasteiger partial charge in [0, 0.05) is 6.54 Å². The highest BCUT2D eigenvalue weighted by Crippen LogP contribution is 2.28. The van der Waals surface area contributed by atoms with Crippen LogP contribution in [0.2, 0.25) is 5.02 Å². The maximum atomic E-state index is 12.4. The minimum absolute atomic E-state index is 0.150. The van der Waals surface area contributed by atoms with Crippen molar-refractivity contribution in [3.63, 3.8) is 0 Å². The molecule has 0 bridgehead atoms. The van der Waals surface area contributed by atoms with Crippen molar-refractivity contribution < 1.29 is 22.8 Å². The molecule has 1 amide bonds. The number of benzene rings is 1. The number of quaternary nitrogens is 1. The normalized spacial score (nSPS) is 20.7. The topological polar surface area (TPSA) is 80.2 Å². The molecule has 0 atom stereocenters. The zero-order valence-corrected chi connectivity index (χ0v) is 16.2. The number of hydrogen-bond donors (Lipinski definition) is 2. The van der Waals surface area contributed by atoms with Gasteiger partial charge in [0.1, 0.15) is 13.1 Å². The summed E-state index contributed by atoms with van der Waals surface area (Å²) in [6.07, 6.45) is 1.50. The molecule has 0 aliphatic carbocycles. The second kappa shape index (κ2) is 8.56. The number of nitrogens with zero attached hydrogens (tertiary/aromatic N) is 1. The predicted molar refractivity (Wildman–Crippen MR) is 101 cm³/mol. The number of sulfonamides is 1. The van der Waals surface area contributed by atoms with E-state index in [9.17, 15) is 13.2 Å². The Morgan fingerprint density at radius 3 is 2.73 bits per heavy atom. The van der Waals surface area contributed by atoms with Crippen LogP contribution in [0.3, 0.4) is 0 Å². The van der Waals surface area contributed by atoms with Gasteiger partial charge in [0.2, 0.25) is 10.0 Å². The lowest BCUT2D eigenvalue weighted by molar-refractivity contribution is -0.906. The lowest BCUT2D eigenvalue weighted by atomic mass is 10.2. The Bertz CT molecular complexity index is 750. The van der Waals surface area contributed by atoms with Gasteiger partial charge in [-0.05, 0) is 31.0 Å². The first-order chi connectivity index (χ1) is 12.5. The standard InChI is InChI=1S/C17H24ClN3O4S/c18-16-13-14(21-6-1-2-12-26(21,23)24)3-4-15(16)17(22)19-5-7-20-8-10-25-11-9-20/h3-4,13H,1-2,5-12H2,(H,19,22)/p+1. The molecule has 2 aliphatic heterocycles. The fourth-order valence-corrected chi connectivity index (χ4v) is 5.17. The fourth-order valence-electron chi connectivity index (χ4n) is 3.28. The second-order valence-corrected chi connectivity index (χ2v) is 9.05. The van der Waals surface area contributed by atoms with Gasteiger partial charge in [0.15, 0.2) is 0 Å². The first kappa shape index (κ1) is 19.4. The lowest BCUT2D eigenvalue weighted by Crippen LogP contribution is -3.14. The molecular formula is C17H25ClN3O4S+. The van der Waals surface area contributed by atoms with Gasteiger partial charge in [-0.1, -0.05) is 11.6 Å². The Morgan fingerprint density at radius 1 is 1.27 bits per heavy atom. The number of nitrogens with one attached hydrogen (secondary N) is 2. The summed E-state index contributed by atoms with van der Waals surface area (Å²) >= 11 is 6.26. The number of carbonyl (C=O) groups excluding carboxylic acids is 1. The van der Waals surface area contributed by atoms with Crippen LogP contribution in [0.5, 0.6) is 0 Å². The summed E-state index contributed by atoms with van der Waals surface area (Å²) in [5, 5.41) is 3.15. The van der Waals surface area contributed by atoms with Crippen LogP contribution in [0, 0.1) is 0 Å². The monoisotopic (exact) mass is 402 g/mol. The zero-order valence-electron chi connectivity index (χ0n) is 14.7. The lowest BCUT2D eigenvalue weighted by Gasteiger charge is -2.28. The van der Waals surface area contributed by atoms with E-state index < -0.39 is 10.0 Å². The highest BCUT2D eigenvalue weighted by atomic mass is 35.5. The average molecular weight is 403 g/mol. The first-order valence-corrected chi connectivity index (χ1v) is 11.0. The molecule has 2 aliphatic rings. The molecule has 9 heteroatoms. The van der Waals surface area contributed by atoms with Crippen molar-refractivity contribution in [1.82, 2.24) is 5.32 Å². The van der Waals surface area contributed by atoms with Gasteiger partial charge in [-0.3, -0.25) is 9.10 Å². The molecule has 2 fully saturated rings. The molecule has 0 saturated carbocycles. The molecule has 144 valence electrons. The number of hydrogen-bond acceptors (Lipinski definition) is 4. The van der Waals surface area contributed by atoms with Gasteiger partial charge < -0.3 is 15.0 Å². The number of amides is 1. The van der Waals surface area contributed by atoms with E-state index in [4.69, 9.17) is 16.3 Å². The van der Waals surface area contributed by atoms with E-state index in [-0.39, 0.29) is 16.7 Å². The third kappa shape index (κ3) is 4.68. The number of carbonyl (C=O) groups is 1. The smallest absolute Gasteiger partial charge is 0.253 e. The molecule has 7 nitrogen and oxygen atoms in total. The van der Waals surface area contributed by atoms with Gasteiger partial charge in [0.25, 0.3) is 5.91 Å². The molecule has 26 heavy (non-hydrogen) atoms. The molecular weight excluding hydrogens is 378 g/mol. The van der Waals surface area contributed by atoms with E-state index >= 15 is 0 Å². The molecule has 2 saturated heterocycles. The average Bonchev–Trinajstić information content (AvgIpc) is 2.62. The Hall–Kier alpha value is -1.35. The van der Waals surface area contributed by atoms with Gasteiger partial charge in [-0.15, -0.1) is 0 Å². The fraction of sp³-hybridized carbons (Fsp3) is 0.588. The predicted octanol–water partition coefficient (Wildman–Crippen LogP) is -0.0851. The highest BCUT2D eigenvalue weighted by molar-refractivity contribution is 7.92. The van der Waals surface area contributed by atoms with Gasteiger partial charge >= 0.3 is 0 Å². The molecule has 2 N–H and O–H groups in total. The van der Waals surface area contributed by atoms with Crippen LogP contribution < -0.4 is 14.5 Å². The van der Waals surface area contributed by atoms with Crippen LogP contribution in [-0.4, -0.2) is 66.0 Å². The Balaban J connectivity index is 1.60. The van der Waals surface area contributed by atoms with Crippen LogP contribution in [0.4, 0.5) is 5.69 Å². The van der Waals surface area contributed by atoms with Crippen LogP contribution in [0.25, 0.3) is 0 Å². The molecule has 1 aromatic carbocycles. The van der Waals surface area contributed by atoms with Crippen molar-refractivity contribution in [1.29, 1.82) is 0 Å². The number of rotatable bonds is 5. The second-order valence-electron chi connectivity index (χ2n) is 6.63. The first-order valence-electron chi connectivity index (χ1n) is 8.97. The van der Waals surface area contributed by atoms with Gasteiger partial charge in [-0.25, -0.2) is 8.42 Å². The number of ether oxygens (including phenoxy) is 1. The summed E-state index contributed by atoms with van der Waals surface area (Å²) in [5.74, 6) is -0.0905. The van der Waals surface area contributed by atoms with Crippen molar-refractivity contribution >= 4 is 33.2 Å². The largest absolute Gasteiger partial charge is 0.370 e. The zero-order chi connectivity index (χ0) is 18.6.